The van der Waals surface area contributed by atoms with Crippen molar-refractivity contribution in [3.8, 4) is 0 Å². The van der Waals surface area contributed by atoms with E-state index >= 15 is 0 Å². The topological polar surface area (TPSA) is 86.7 Å². The second-order valence-corrected chi connectivity index (χ2v) is 6.73. The van der Waals surface area contributed by atoms with E-state index in [1.807, 2.05) is 0 Å². The van der Waals surface area contributed by atoms with Crippen LogP contribution in [0.25, 0.3) is 0 Å². The van der Waals surface area contributed by atoms with Gasteiger partial charge < -0.3 is 15.3 Å². The maximum atomic E-state index is 12.4. The van der Waals surface area contributed by atoms with Crippen LogP contribution >= 0.6 is 0 Å². The molecule has 6 heteroatoms. The fourth-order valence-corrected chi connectivity index (χ4v) is 2.44. The monoisotopic (exact) mass is 298 g/mol. The van der Waals surface area contributed by atoms with Gasteiger partial charge >= 0.3 is 5.97 Å². The highest BCUT2D eigenvalue weighted by Gasteiger charge is 2.34. The largest absolute Gasteiger partial charge is 0.480 e. The highest BCUT2D eigenvalue weighted by atomic mass is 16.4. The molecule has 1 rings (SSSR count). The minimum absolute atomic E-state index is 0.171. The van der Waals surface area contributed by atoms with Gasteiger partial charge in [0.05, 0.1) is 5.41 Å². The predicted octanol–water partition coefficient (Wildman–Crippen LogP) is 0.903. The standard InChI is InChI=1S/C15H26N2O4/c1-10(2)12(13(19)20)16-14(21)15(3,4)9-17-7-5-11(18)6-8-17/h10,12H,5-9H2,1-4H3,(H,16,21)(H,19,20). The number of rotatable bonds is 6. The average molecular weight is 298 g/mol. The Kier molecular flexibility index (Phi) is 5.89. The Balaban J connectivity index is 2.61. The van der Waals surface area contributed by atoms with Gasteiger partial charge in [0.25, 0.3) is 0 Å². The first kappa shape index (κ1) is 17.6. The molecular formula is C15H26N2O4. The molecule has 1 fully saturated rings. The Morgan fingerprint density at radius 1 is 1.29 bits per heavy atom. The average Bonchev–Trinajstić information content (AvgIpc) is 2.37. The van der Waals surface area contributed by atoms with Crippen LogP contribution in [0.2, 0.25) is 0 Å². The number of nitrogens with one attached hydrogen (secondary N) is 1. The molecule has 1 atom stereocenters. The number of piperidine rings is 1. The van der Waals surface area contributed by atoms with Crippen molar-refractivity contribution in [3.63, 3.8) is 0 Å². The molecule has 21 heavy (non-hydrogen) atoms. The van der Waals surface area contributed by atoms with Gasteiger partial charge in [-0.05, 0) is 19.8 Å². The highest BCUT2D eigenvalue weighted by molar-refractivity contribution is 5.87. The van der Waals surface area contributed by atoms with Crippen molar-refractivity contribution in [1.82, 2.24) is 10.2 Å². The van der Waals surface area contributed by atoms with Gasteiger partial charge in [-0.3, -0.25) is 9.59 Å². The molecule has 1 unspecified atom stereocenters. The molecule has 0 aliphatic carbocycles. The van der Waals surface area contributed by atoms with Crippen LogP contribution in [0.4, 0.5) is 0 Å². The first-order valence-electron chi connectivity index (χ1n) is 7.41. The molecule has 1 amide bonds. The Bertz CT molecular complexity index is 408. The van der Waals surface area contributed by atoms with E-state index in [9.17, 15) is 14.4 Å². The Hall–Kier alpha value is -1.43. The number of hydrogen-bond donors (Lipinski definition) is 2. The summed E-state index contributed by atoms with van der Waals surface area (Å²) in [6.45, 7) is 9.00. The van der Waals surface area contributed by atoms with Crippen LogP contribution in [-0.2, 0) is 14.4 Å². The molecule has 0 spiro atoms. The van der Waals surface area contributed by atoms with Gasteiger partial charge in [-0.2, -0.15) is 0 Å². The van der Waals surface area contributed by atoms with Gasteiger partial charge in [0.1, 0.15) is 11.8 Å². The predicted molar refractivity (Wildman–Crippen MR) is 78.9 cm³/mol. The highest BCUT2D eigenvalue weighted by Crippen LogP contribution is 2.20. The van der Waals surface area contributed by atoms with Gasteiger partial charge in [0.15, 0.2) is 0 Å². The van der Waals surface area contributed by atoms with Gasteiger partial charge in [-0.15, -0.1) is 0 Å². The minimum Gasteiger partial charge on any atom is -0.480 e. The summed E-state index contributed by atoms with van der Waals surface area (Å²) >= 11 is 0. The summed E-state index contributed by atoms with van der Waals surface area (Å²) in [5.74, 6) is -1.19. The zero-order valence-corrected chi connectivity index (χ0v) is 13.3. The summed E-state index contributed by atoms with van der Waals surface area (Å²) in [4.78, 5) is 36.8. The minimum atomic E-state index is -1.02. The van der Waals surface area contributed by atoms with E-state index < -0.39 is 17.4 Å². The van der Waals surface area contributed by atoms with E-state index in [2.05, 4.69) is 10.2 Å². The number of nitrogens with zero attached hydrogens (tertiary/aromatic N) is 1. The second kappa shape index (κ2) is 7.02. The first-order valence-corrected chi connectivity index (χ1v) is 7.41. The van der Waals surface area contributed by atoms with Crippen LogP contribution in [0.1, 0.15) is 40.5 Å². The number of hydrogen-bond acceptors (Lipinski definition) is 4. The molecule has 1 saturated heterocycles. The molecule has 1 aliphatic heterocycles. The maximum absolute atomic E-state index is 12.4. The van der Waals surface area contributed by atoms with E-state index in [-0.39, 0.29) is 17.6 Å². The number of carbonyl (C=O) groups is 3. The lowest BCUT2D eigenvalue weighted by atomic mass is 9.89. The lowest BCUT2D eigenvalue weighted by Gasteiger charge is -2.34. The molecular weight excluding hydrogens is 272 g/mol. The lowest BCUT2D eigenvalue weighted by molar-refractivity contribution is -0.145. The van der Waals surface area contributed by atoms with Crippen LogP contribution < -0.4 is 5.32 Å². The Morgan fingerprint density at radius 3 is 2.24 bits per heavy atom. The number of carboxylic acids is 1. The third-order valence-corrected chi connectivity index (χ3v) is 3.87. The summed E-state index contributed by atoms with van der Waals surface area (Å²) in [5.41, 5.74) is -0.691. The molecule has 6 nitrogen and oxygen atoms in total. The van der Waals surface area contributed by atoms with Crippen LogP contribution in [0.3, 0.4) is 0 Å². The van der Waals surface area contributed by atoms with E-state index in [1.54, 1.807) is 27.7 Å². The van der Waals surface area contributed by atoms with Crippen molar-refractivity contribution >= 4 is 17.7 Å². The number of amides is 1. The van der Waals surface area contributed by atoms with Gasteiger partial charge in [-0.25, -0.2) is 4.79 Å². The van der Waals surface area contributed by atoms with Gasteiger partial charge in [-0.1, -0.05) is 13.8 Å². The molecule has 0 aromatic carbocycles. The number of aliphatic carboxylic acids is 1. The Morgan fingerprint density at radius 2 is 1.81 bits per heavy atom. The van der Waals surface area contributed by atoms with Crippen LogP contribution in [0.15, 0.2) is 0 Å². The molecule has 2 N–H and O–H groups in total. The van der Waals surface area contributed by atoms with Crippen molar-refractivity contribution < 1.29 is 19.5 Å². The summed E-state index contributed by atoms with van der Waals surface area (Å²) in [6.07, 6.45) is 1.06. The van der Waals surface area contributed by atoms with E-state index in [0.717, 1.165) is 0 Å². The third kappa shape index (κ3) is 5.12. The zero-order chi connectivity index (χ0) is 16.2. The maximum Gasteiger partial charge on any atom is 0.326 e. The number of carboxylic acid groups (broad SMARTS) is 1. The van der Waals surface area contributed by atoms with Gasteiger partial charge in [0.2, 0.25) is 5.91 Å². The summed E-state index contributed by atoms with van der Waals surface area (Å²) in [5, 5.41) is 11.8. The molecule has 0 radical (unpaired) electrons. The van der Waals surface area contributed by atoms with E-state index in [1.165, 1.54) is 0 Å². The van der Waals surface area contributed by atoms with Crippen LogP contribution in [0.5, 0.6) is 0 Å². The SMILES string of the molecule is CC(C)C(NC(=O)C(C)(C)CN1CCC(=O)CC1)C(=O)O. The molecule has 0 aromatic rings. The summed E-state index contributed by atoms with van der Waals surface area (Å²) in [7, 11) is 0. The van der Waals surface area contributed by atoms with E-state index in [0.29, 0.717) is 32.5 Å². The number of carbonyl (C=O) groups excluding carboxylic acids is 2. The zero-order valence-electron chi connectivity index (χ0n) is 13.3. The molecule has 1 aliphatic rings. The van der Waals surface area contributed by atoms with Crippen LogP contribution in [0, 0.1) is 11.3 Å². The van der Waals surface area contributed by atoms with Crippen LogP contribution in [-0.4, -0.2) is 53.3 Å². The van der Waals surface area contributed by atoms with Crippen molar-refractivity contribution in [2.24, 2.45) is 11.3 Å². The van der Waals surface area contributed by atoms with Crippen molar-refractivity contribution in [3.05, 3.63) is 0 Å². The fraction of sp³-hybridized carbons (Fsp3) is 0.800. The van der Waals surface area contributed by atoms with E-state index in [4.69, 9.17) is 5.11 Å². The van der Waals surface area contributed by atoms with Gasteiger partial charge in [0, 0.05) is 32.5 Å². The number of ketones is 1. The number of likely N-dealkylation sites (tertiary alicyclic amines) is 1. The summed E-state index contributed by atoms with van der Waals surface area (Å²) < 4.78 is 0. The molecule has 1 heterocycles. The summed E-state index contributed by atoms with van der Waals surface area (Å²) in [6, 6.07) is -0.875. The fourth-order valence-electron chi connectivity index (χ4n) is 2.44. The lowest BCUT2D eigenvalue weighted by Crippen LogP contribution is -2.52. The normalized spacial score (nSPS) is 18.6. The molecule has 120 valence electrons. The quantitative estimate of drug-likeness (QED) is 0.761. The molecule has 0 saturated carbocycles. The number of Topliss-reactive ketones (excluding diaryl/α,β-unsaturated/α-hetero) is 1. The second-order valence-electron chi connectivity index (χ2n) is 6.73. The third-order valence-electron chi connectivity index (χ3n) is 3.87. The van der Waals surface area contributed by atoms with Crippen molar-refractivity contribution in [2.45, 2.75) is 46.6 Å². The molecule has 0 aromatic heterocycles. The Labute approximate surface area is 125 Å². The first-order chi connectivity index (χ1) is 9.63. The van der Waals surface area contributed by atoms with Crippen molar-refractivity contribution in [2.75, 3.05) is 19.6 Å². The van der Waals surface area contributed by atoms with Crippen molar-refractivity contribution in [1.29, 1.82) is 0 Å². The smallest absolute Gasteiger partial charge is 0.326 e. The molecule has 0 bridgehead atoms.